The van der Waals surface area contributed by atoms with Gasteiger partial charge in [0.25, 0.3) is 0 Å². The zero-order valence-electron chi connectivity index (χ0n) is 17.8. The normalized spacial score (nSPS) is 15.1. The number of rotatable bonds is 6. The fourth-order valence-corrected chi connectivity index (χ4v) is 3.43. The second-order valence-corrected chi connectivity index (χ2v) is 9.61. The van der Waals surface area contributed by atoms with Gasteiger partial charge >= 0.3 is 0 Å². The van der Waals surface area contributed by atoms with E-state index >= 15 is 0 Å². The Labute approximate surface area is 155 Å². The van der Waals surface area contributed by atoms with E-state index in [0.29, 0.717) is 5.75 Å². The number of benzene rings is 1. The summed E-state index contributed by atoms with van der Waals surface area (Å²) in [6.07, 6.45) is 3.24. The largest absolute Gasteiger partial charge is 0.507 e. The van der Waals surface area contributed by atoms with E-state index in [4.69, 9.17) is 0 Å². The van der Waals surface area contributed by atoms with Crippen molar-refractivity contribution in [3.8, 4) is 5.75 Å². The molecule has 0 fully saturated rings. The van der Waals surface area contributed by atoms with Gasteiger partial charge < -0.3 is 5.11 Å². The predicted molar refractivity (Wildman–Crippen MR) is 108 cm³/mol. The average molecular weight is 347 g/mol. The maximum atomic E-state index is 12.1. The number of ketones is 1. The van der Waals surface area contributed by atoms with Gasteiger partial charge in [0.2, 0.25) is 0 Å². The van der Waals surface area contributed by atoms with Crippen molar-refractivity contribution in [3.05, 3.63) is 28.8 Å². The minimum Gasteiger partial charge on any atom is -0.507 e. The SMILES string of the molecule is CCCCC(c1cc(C(C)(C)C)c(O)c(C(C)(C)C)c1)C(C)C(C)=O. The average Bonchev–Trinajstić information content (AvgIpc) is 2.45. The molecule has 0 amide bonds. The molecule has 0 saturated carbocycles. The van der Waals surface area contributed by atoms with Gasteiger partial charge in [-0.2, -0.15) is 0 Å². The van der Waals surface area contributed by atoms with E-state index in [1.54, 1.807) is 6.92 Å². The molecule has 0 saturated heterocycles. The molecule has 2 nitrogen and oxygen atoms in total. The Hall–Kier alpha value is -1.31. The first-order chi connectivity index (χ1) is 11.3. The minimum absolute atomic E-state index is 0.00303. The second-order valence-electron chi connectivity index (χ2n) is 9.61. The molecule has 1 aromatic rings. The van der Waals surface area contributed by atoms with Crippen molar-refractivity contribution in [2.24, 2.45) is 5.92 Å². The third kappa shape index (κ3) is 5.33. The Bertz CT molecular complexity index is 564. The van der Waals surface area contributed by atoms with E-state index in [-0.39, 0.29) is 28.4 Å². The lowest BCUT2D eigenvalue weighted by atomic mass is 9.74. The van der Waals surface area contributed by atoms with Crippen molar-refractivity contribution >= 4 is 5.78 Å². The third-order valence-corrected chi connectivity index (χ3v) is 5.29. The topological polar surface area (TPSA) is 37.3 Å². The molecule has 142 valence electrons. The third-order valence-electron chi connectivity index (χ3n) is 5.29. The van der Waals surface area contributed by atoms with Crippen LogP contribution in [0.2, 0.25) is 0 Å². The summed E-state index contributed by atoms with van der Waals surface area (Å²) in [6, 6.07) is 4.29. The highest BCUT2D eigenvalue weighted by molar-refractivity contribution is 5.79. The summed E-state index contributed by atoms with van der Waals surface area (Å²) in [6.45, 7) is 18.7. The molecule has 0 aliphatic carbocycles. The lowest BCUT2D eigenvalue weighted by Gasteiger charge is -2.31. The van der Waals surface area contributed by atoms with Gasteiger partial charge in [-0.1, -0.05) is 80.4 Å². The molecule has 0 aliphatic rings. The molecule has 1 N–H and O–H groups in total. The van der Waals surface area contributed by atoms with Gasteiger partial charge in [0, 0.05) is 5.92 Å². The van der Waals surface area contributed by atoms with Crippen LogP contribution in [0.4, 0.5) is 0 Å². The molecule has 1 rings (SSSR count). The Morgan fingerprint density at radius 3 is 1.80 bits per heavy atom. The van der Waals surface area contributed by atoms with Gasteiger partial charge in [-0.05, 0) is 46.8 Å². The van der Waals surface area contributed by atoms with Crippen molar-refractivity contribution in [1.82, 2.24) is 0 Å². The fraction of sp³-hybridized carbons (Fsp3) is 0.696. The van der Waals surface area contributed by atoms with Crippen LogP contribution in [0.25, 0.3) is 0 Å². The van der Waals surface area contributed by atoms with Crippen LogP contribution in [-0.4, -0.2) is 10.9 Å². The molecular formula is C23H38O2. The first-order valence-corrected chi connectivity index (χ1v) is 9.69. The number of hydrogen-bond acceptors (Lipinski definition) is 2. The highest BCUT2D eigenvalue weighted by atomic mass is 16.3. The second kappa shape index (κ2) is 7.93. The monoisotopic (exact) mass is 346 g/mol. The van der Waals surface area contributed by atoms with Crippen LogP contribution < -0.4 is 0 Å². The van der Waals surface area contributed by atoms with Crippen molar-refractivity contribution < 1.29 is 9.90 Å². The molecule has 2 heteroatoms. The number of phenolic OH excluding ortho intramolecular Hbond substituents is 1. The van der Waals surface area contributed by atoms with Crippen LogP contribution >= 0.6 is 0 Å². The first kappa shape index (κ1) is 21.7. The lowest BCUT2D eigenvalue weighted by molar-refractivity contribution is -0.120. The molecule has 0 heterocycles. The van der Waals surface area contributed by atoms with Gasteiger partial charge in [0.15, 0.2) is 0 Å². The molecule has 2 atom stereocenters. The van der Waals surface area contributed by atoms with E-state index < -0.39 is 0 Å². The Morgan fingerprint density at radius 2 is 1.48 bits per heavy atom. The van der Waals surface area contributed by atoms with E-state index in [9.17, 15) is 9.90 Å². The zero-order chi connectivity index (χ0) is 19.6. The molecule has 1 aromatic carbocycles. The number of aromatic hydroxyl groups is 1. The molecule has 0 aliphatic heterocycles. The molecule has 25 heavy (non-hydrogen) atoms. The van der Waals surface area contributed by atoms with Gasteiger partial charge in [-0.25, -0.2) is 0 Å². The summed E-state index contributed by atoms with van der Waals surface area (Å²) in [5, 5.41) is 10.9. The van der Waals surface area contributed by atoms with Gasteiger partial charge in [-0.15, -0.1) is 0 Å². The van der Waals surface area contributed by atoms with Gasteiger partial charge in [-0.3, -0.25) is 4.79 Å². The fourth-order valence-electron chi connectivity index (χ4n) is 3.43. The lowest BCUT2D eigenvalue weighted by Crippen LogP contribution is -2.21. The van der Waals surface area contributed by atoms with Crippen molar-refractivity contribution in [2.45, 2.75) is 98.3 Å². The van der Waals surface area contributed by atoms with E-state index in [0.717, 1.165) is 30.4 Å². The highest BCUT2D eigenvalue weighted by Gasteiger charge is 2.30. The van der Waals surface area contributed by atoms with Crippen LogP contribution in [0.3, 0.4) is 0 Å². The summed E-state index contributed by atoms with van der Waals surface area (Å²) in [5.74, 6) is 0.856. The van der Waals surface area contributed by atoms with Crippen molar-refractivity contribution in [3.63, 3.8) is 0 Å². The Kier molecular flexibility index (Phi) is 6.89. The number of hydrogen-bond donors (Lipinski definition) is 1. The first-order valence-electron chi connectivity index (χ1n) is 9.69. The number of unbranched alkanes of at least 4 members (excludes halogenated alkanes) is 1. The van der Waals surface area contributed by atoms with Gasteiger partial charge in [0.05, 0.1) is 0 Å². The highest BCUT2D eigenvalue weighted by Crippen LogP contribution is 2.43. The van der Waals surface area contributed by atoms with Crippen LogP contribution in [0.1, 0.15) is 104 Å². The molecule has 2 unspecified atom stereocenters. The zero-order valence-corrected chi connectivity index (χ0v) is 17.8. The van der Waals surface area contributed by atoms with Gasteiger partial charge in [0.1, 0.15) is 11.5 Å². The van der Waals surface area contributed by atoms with Crippen LogP contribution in [0.15, 0.2) is 12.1 Å². The van der Waals surface area contributed by atoms with Crippen LogP contribution in [0, 0.1) is 5.92 Å². The van der Waals surface area contributed by atoms with E-state index in [2.05, 4.69) is 60.6 Å². The quantitative estimate of drug-likeness (QED) is 0.639. The number of carbonyl (C=O) groups excluding carboxylic acids is 1. The van der Waals surface area contributed by atoms with Crippen molar-refractivity contribution in [1.29, 1.82) is 0 Å². The predicted octanol–water partition coefficient (Wildman–Crippen LogP) is 6.49. The standard InChI is InChI=1S/C23H38O2/c1-10-11-12-18(15(2)16(3)24)17-13-19(22(4,5)6)21(25)20(14-17)23(7,8)9/h13-15,18,25H,10-12H2,1-9H3. The molecule has 0 bridgehead atoms. The van der Waals surface area contributed by atoms with Crippen LogP contribution in [0.5, 0.6) is 5.75 Å². The summed E-state index contributed by atoms with van der Waals surface area (Å²) < 4.78 is 0. The van der Waals surface area contributed by atoms with Crippen LogP contribution in [-0.2, 0) is 15.6 Å². The Morgan fingerprint density at radius 1 is 1.04 bits per heavy atom. The summed E-state index contributed by atoms with van der Waals surface area (Å²) in [5.41, 5.74) is 2.87. The maximum absolute atomic E-state index is 12.1. The van der Waals surface area contributed by atoms with Crippen molar-refractivity contribution in [2.75, 3.05) is 0 Å². The molecule has 0 radical (unpaired) electrons. The minimum atomic E-state index is -0.144. The maximum Gasteiger partial charge on any atom is 0.133 e. The van der Waals surface area contributed by atoms with E-state index in [1.807, 2.05) is 6.92 Å². The molecule has 0 spiro atoms. The number of Topliss-reactive ketones (excluding diaryl/α,β-unsaturated/α-hetero) is 1. The summed E-state index contributed by atoms with van der Waals surface area (Å²) in [4.78, 5) is 12.1. The molecular weight excluding hydrogens is 308 g/mol. The van der Waals surface area contributed by atoms with E-state index in [1.165, 1.54) is 5.56 Å². The number of carbonyl (C=O) groups is 1. The summed E-state index contributed by atoms with van der Waals surface area (Å²) in [7, 11) is 0. The summed E-state index contributed by atoms with van der Waals surface area (Å²) >= 11 is 0. The Balaban J connectivity index is 3.62. The molecule has 0 aromatic heterocycles. The number of phenols is 1. The smallest absolute Gasteiger partial charge is 0.133 e.